The predicted molar refractivity (Wildman–Crippen MR) is 100 cm³/mol. The highest BCUT2D eigenvalue weighted by Gasteiger charge is 2.18. The average molecular weight is 383 g/mol. The Balaban J connectivity index is 1.65. The van der Waals surface area contributed by atoms with Gasteiger partial charge in [-0.25, -0.2) is 13.2 Å². The summed E-state index contributed by atoms with van der Waals surface area (Å²) in [5.74, 6) is -0.125. The lowest BCUT2D eigenvalue weighted by Gasteiger charge is -2.09. The zero-order valence-electron chi connectivity index (χ0n) is 14.2. The summed E-state index contributed by atoms with van der Waals surface area (Å²) >= 11 is 0. The number of carbonyl (C=O) groups excluding carboxylic acids is 1. The fraction of sp³-hybridized carbons (Fsp3) is 0.0526. The molecule has 2 amide bonds. The molecule has 0 spiro atoms. The molecule has 0 aliphatic rings. The maximum atomic E-state index is 12.6. The number of phenols is 1. The summed E-state index contributed by atoms with van der Waals surface area (Å²) in [6, 6.07) is 14.5. The SMILES string of the molecule is O=C(NCc1cccnc1)Nc1ccc(S(=O)(=O)c2cccc(O)c2)cc1. The van der Waals surface area contributed by atoms with Gasteiger partial charge in [0.1, 0.15) is 5.75 Å². The van der Waals surface area contributed by atoms with Gasteiger partial charge in [-0.3, -0.25) is 4.98 Å². The first-order chi connectivity index (χ1) is 12.9. The Hall–Kier alpha value is -3.39. The standard InChI is InChI=1S/C19H17N3O4S/c23-16-4-1-5-18(11-16)27(25,26)17-8-6-15(7-9-17)22-19(24)21-13-14-3-2-10-20-12-14/h1-12,23H,13H2,(H2,21,22,24). The van der Waals surface area contributed by atoms with E-state index in [4.69, 9.17) is 0 Å². The van der Waals surface area contributed by atoms with E-state index in [1.54, 1.807) is 18.5 Å². The van der Waals surface area contributed by atoms with Crippen LogP contribution >= 0.6 is 0 Å². The molecule has 0 aliphatic heterocycles. The highest BCUT2D eigenvalue weighted by Crippen LogP contribution is 2.24. The van der Waals surface area contributed by atoms with Crippen LogP contribution in [0.15, 0.2) is 82.8 Å². The van der Waals surface area contributed by atoms with Crippen LogP contribution in [0, 0.1) is 0 Å². The third-order valence-electron chi connectivity index (χ3n) is 3.73. The van der Waals surface area contributed by atoms with Crippen molar-refractivity contribution in [1.29, 1.82) is 0 Å². The van der Waals surface area contributed by atoms with Crippen LogP contribution in [-0.2, 0) is 16.4 Å². The molecule has 8 heteroatoms. The number of amides is 2. The van der Waals surface area contributed by atoms with E-state index in [0.29, 0.717) is 12.2 Å². The summed E-state index contributed by atoms with van der Waals surface area (Å²) in [7, 11) is -3.75. The number of nitrogens with one attached hydrogen (secondary N) is 2. The molecule has 0 atom stereocenters. The van der Waals surface area contributed by atoms with Crippen LogP contribution < -0.4 is 10.6 Å². The Morgan fingerprint density at radius 1 is 1.00 bits per heavy atom. The van der Waals surface area contributed by atoms with Gasteiger partial charge in [-0.1, -0.05) is 12.1 Å². The number of aromatic hydroxyl groups is 1. The molecule has 0 radical (unpaired) electrons. The Bertz CT molecular complexity index is 1040. The van der Waals surface area contributed by atoms with E-state index in [-0.39, 0.29) is 15.5 Å². The van der Waals surface area contributed by atoms with Crippen molar-refractivity contribution in [3.05, 3.63) is 78.6 Å². The number of carbonyl (C=O) groups is 1. The quantitative estimate of drug-likeness (QED) is 0.628. The molecule has 0 bridgehead atoms. The number of phenolic OH excluding ortho intramolecular Hbond substituents is 1. The fourth-order valence-electron chi connectivity index (χ4n) is 2.36. The number of urea groups is 1. The molecule has 0 saturated heterocycles. The van der Waals surface area contributed by atoms with Gasteiger partial charge < -0.3 is 15.7 Å². The normalized spacial score (nSPS) is 11.0. The number of nitrogens with zero attached hydrogens (tertiary/aromatic N) is 1. The van der Waals surface area contributed by atoms with Gasteiger partial charge in [-0.2, -0.15) is 0 Å². The first kappa shape index (κ1) is 18.4. The topological polar surface area (TPSA) is 108 Å². The first-order valence-electron chi connectivity index (χ1n) is 8.03. The highest BCUT2D eigenvalue weighted by molar-refractivity contribution is 7.91. The Morgan fingerprint density at radius 3 is 2.44 bits per heavy atom. The largest absolute Gasteiger partial charge is 0.508 e. The van der Waals surface area contributed by atoms with E-state index in [1.165, 1.54) is 48.5 Å². The summed E-state index contributed by atoms with van der Waals surface area (Å²) in [4.78, 5) is 16.0. The molecule has 0 saturated carbocycles. The molecule has 3 aromatic rings. The average Bonchev–Trinajstić information content (AvgIpc) is 2.68. The molecular weight excluding hydrogens is 366 g/mol. The molecular formula is C19H17N3O4S. The summed E-state index contributed by atoms with van der Waals surface area (Å²) in [5.41, 5.74) is 1.31. The number of hydrogen-bond acceptors (Lipinski definition) is 5. The number of anilines is 1. The van der Waals surface area contributed by atoms with E-state index >= 15 is 0 Å². The molecule has 2 aromatic carbocycles. The molecule has 0 unspecified atom stereocenters. The van der Waals surface area contributed by atoms with Gasteiger partial charge in [0.15, 0.2) is 0 Å². The molecule has 0 fully saturated rings. The van der Waals surface area contributed by atoms with Gasteiger partial charge in [0, 0.05) is 24.6 Å². The highest BCUT2D eigenvalue weighted by atomic mass is 32.2. The second-order valence-electron chi connectivity index (χ2n) is 5.69. The van der Waals surface area contributed by atoms with Gasteiger partial charge >= 0.3 is 6.03 Å². The van der Waals surface area contributed by atoms with E-state index < -0.39 is 15.9 Å². The Morgan fingerprint density at radius 2 is 1.78 bits per heavy atom. The maximum absolute atomic E-state index is 12.6. The minimum absolute atomic E-state index is 0.00239. The number of hydrogen-bond donors (Lipinski definition) is 3. The molecule has 1 heterocycles. The van der Waals surface area contributed by atoms with Crippen LogP contribution in [0.4, 0.5) is 10.5 Å². The number of pyridine rings is 1. The molecule has 0 aliphatic carbocycles. The monoisotopic (exact) mass is 383 g/mol. The molecule has 3 N–H and O–H groups in total. The van der Waals surface area contributed by atoms with Crippen molar-refractivity contribution in [3.63, 3.8) is 0 Å². The summed E-state index contributed by atoms with van der Waals surface area (Å²) in [6.45, 7) is 0.323. The lowest BCUT2D eigenvalue weighted by molar-refractivity contribution is 0.251. The smallest absolute Gasteiger partial charge is 0.319 e. The van der Waals surface area contributed by atoms with Crippen LogP contribution in [0.1, 0.15) is 5.56 Å². The molecule has 7 nitrogen and oxygen atoms in total. The zero-order chi connectivity index (χ0) is 19.3. The minimum atomic E-state index is -3.75. The zero-order valence-corrected chi connectivity index (χ0v) is 15.0. The number of aromatic nitrogens is 1. The van der Waals surface area contributed by atoms with Crippen molar-refractivity contribution in [2.45, 2.75) is 16.3 Å². The maximum Gasteiger partial charge on any atom is 0.319 e. The summed E-state index contributed by atoms with van der Waals surface area (Å²) in [5, 5.41) is 14.8. The van der Waals surface area contributed by atoms with Crippen molar-refractivity contribution < 1.29 is 18.3 Å². The first-order valence-corrected chi connectivity index (χ1v) is 9.51. The Labute approximate surface area is 156 Å². The molecule has 27 heavy (non-hydrogen) atoms. The van der Waals surface area contributed by atoms with Crippen LogP contribution in [0.2, 0.25) is 0 Å². The van der Waals surface area contributed by atoms with E-state index in [0.717, 1.165) is 5.56 Å². The van der Waals surface area contributed by atoms with Gasteiger partial charge in [0.05, 0.1) is 9.79 Å². The van der Waals surface area contributed by atoms with Gasteiger partial charge in [0.25, 0.3) is 0 Å². The lowest BCUT2D eigenvalue weighted by Crippen LogP contribution is -2.28. The minimum Gasteiger partial charge on any atom is -0.508 e. The second kappa shape index (κ2) is 7.88. The summed E-state index contributed by atoms with van der Waals surface area (Å²) in [6.07, 6.45) is 3.30. The van der Waals surface area contributed by atoms with Crippen LogP contribution in [0.3, 0.4) is 0 Å². The van der Waals surface area contributed by atoms with Crippen LogP contribution in [-0.4, -0.2) is 24.5 Å². The van der Waals surface area contributed by atoms with Crippen LogP contribution in [0.5, 0.6) is 5.75 Å². The fourth-order valence-corrected chi connectivity index (χ4v) is 3.66. The van der Waals surface area contributed by atoms with Crippen LogP contribution in [0.25, 0.3) is 0 Å². The summed E-state index contributed by atoms with van der Waals surface area (Å²) < 4.78 is 25.1. The third kappa shape index (κ3) is 4.62. The molecule has 138 valence electrons. The van der Waals surface area contributed by atoms with E-state index in [9.17, 15) is 18.3 Å². The van der Waals surface area contributed by atoms with E-state index in [2.05, 4.69) is 15.6 Å². The van der Waals surface area contributed by atoms with Crippen molar-refractivity contribution in [1.82, 2.24) is 10.3 Å². The lowest BCUT2D eigenvalue weighted by atomic mass is 10.3. The molecule has 3 rings (SSSR count). The number of benzene rings is 2. The number of rotatable bonds is 5. The van der Waals surface area contributed by atoms with Gasteiger partial charge in [0.2, 0.25) is 9.84 Å². The van der Waals surface area contributed by atoms with E-state index in [1.807, 2.05) is 6.07 Å². The van der Waals surface area contributed by atoms with Gasteiger partial charge in [-0.15, -0.1) is 0 Å². The van der Waals surface area contributed by atoms with Crippen molar-refractivity contribution in [3.8, 4) is 5.75 Å². The molecule has 1 aromatic heterocycles. The van der Waals surface area contributed by atoms with Crippen molar-refractivity contribution in [2.24, 2.45) is 0 Å². The third-order valence-corrected chi connectivity index (χ3v) is 5.49. The van der Waals surface area contributed by atoms with Crippen molar-refractivity contribution >= 4 is 21.6 Å². The number of sulfone groups is 1. The second-order valence-corrected chi connectivity index (χ2v) is 7.64. The van der Waals surface area contributed by atoms with Gasteiger partial charge in [-0.05, 0) is 54.1 Å². The Kier molecular flexibility index (Phi) is 5.37. The predicted octanol–water partition coefficient (Wildman–Crippen LogP) is 2.94. The van der Waals surface area contributed by atoms with Crippen molar-refractivity contribution in [2.75, 3.05) is 5.32 Å².